The lowest BCUT2D eigenvalue weighted by Gasteiger charge is -2.13. The minimum absolute atomic E-state index is 0.271. The number of ether oxygens (including phenoxy) is 1. The van der Waals surface area contributed by atoms with E-state index in [0.29, 0.717) is 17.9 Å². The summed E-state index contributed by atoms with van der Waals surface area (Å²) in [5.74, 6) is 0.488. The molecule has 0 heterocycles. The quantitative estimate of drug-likeness (QED) is 0.591. The van der Waals surface area contributed by atoms with Crippen molar-refractivity contribution in [2.45, 2.75) is 31.7 Å². The third-order valence-corrected chi connectivity index (χ3v) is 4.48. The van der Waals surface area contributed by atoms with Crippen LogP contribution in [0.25, 0.3) is 0 Å². The average Bonchev–Trinajstić information content (AvgIpc) is 2.44. The van der Waals surface area contributed by atoms with Crippen molar-refractivity contribution in [3.63, 3.8) is 0 Å². The molecule has 1 N–H and O–H groups in total. The van der Waals surface area contributed by atoms with Crippen LogP contribution in [0.2, 0.25) is 0 Å². The van der Waals surface area contributed by atoms with Crippen molar-refractivity contribution in [3.8, 4) is 0 Å². The molecule has 0 aliphatic heterocycles. The molecule has 5 nitrogen and oxygen atoms in total. The fourth-order valence-corrected chi connectivity index (χ4v) is 3.30. The average molecular weight is 322 g/mol. The molecule has 0 radical (unpaired) electrons. The second-order valence-electron chi connectivity index (χ2n) is 4.64. The molecule has 1 aromatic rings. The zero-order chi connectivity index (χ0) is 16.6. The van der Waals surface area contributed by atoms with Gasteiger partial charge in [0.25, 0.3) is 0 Å². The first-order chi connectivity index (χ1) is 10.4. The highest BCUT2D eigenvalue weighted by Crippen LogP contribution is 2.14. The van der Waals surface area contributed by atoms with Crippen LogP contribution in [0.4, 0.5) is 0 Å². The summed E-state index contributed by atoms with van der Waals surface area (Å²) in [5, 5.41) is 0. The molecule has 1 atom stereocenters. The second-order valence-corrected chi connectivity index (χ2v) is 6.32. The van der Waals surface area contributed by atoms with Crippen LogP contribution in [0.15, 0.2) is 58.8 Å². The number of allylic oxidation sites excluding steroid dienone is 1. The number of aryl methyl sites for hydroxylation is 1. The Labute approximate surface area is 132 Å². The Morgan fingerprint density at radius 1 is 1.45 bits per heavy atom. The van der Waals surface area contributed by atoms with Crippen molar-refractivity contribution < 1.29 is 13.2 Å². The minimum Gasteiger partial charge on any atom is -0.493 e. The Morgan fingerprint density at radius 2 is 2.14 bits per heavy atom. The lowest BCUT2D eigenvalue weighted by atomic mass is 10.2. The number of nitrogens with one attached hydrogen (secondary N) is 1. The van der Waals surface area contributed by atoms with Crippen molar-refractivity contribution in [2.75, 3.05) is 6.61 Å². The number of sulfonamides is 1. The molecule has 22 heavy (non-hydrogen) atoms. The first kappa shape index (κ1) is 18.1. The minimum atomic E-state index is -3.59. The van der Waals surface area contributed by atoms with Crippen LogP contribution in [0.1, 0.15) is 19.4 Å². The topological polar surface area (TPSA) is 67.8 Å². The molecule has 0 aliphatic carbocycles. The molecule has 0 aliphatic rings. The maximum Gasteiger partial charge on any atom is 0.241 e. The van der Waals surface area contributed by atoms with E-state index >= 15 is 0 Å². The lowest BCUT2D eigenvalue weighted by Crippen LogP contribution is -2.32. The van der Waals surface area contributed by atoms with E-state index in [2.05, 4.69) is 16.3 Å². The predicted octanol–water partition coefficient (Wildman–Crippen LogP) is 2.80. The smallest absolute Gasteiger partial charge is 0.241 e. The van der Waals surface area contributed by atoms with Crippen molar-refractivity contribution in [3.05, 3.63) is 54.4 Å². The number of nitrogens with zero attached hydrogens (tertiary/aromatic N) is 1. The summed E-state index contributed by atoms with van der Waals surface area (Å²) in [4.78, 5) is 4.15. The lowest BCUT2D eigenvalue weighted by molar-refractivity contribution is 0.249. The van der Waals surface area contributed by atoms with E-state index in [1.54, 1.807) is 44.2 Å². The molecule has 0 bridgehead atoms. The third kappa shape index (κ3) is 5.46. The summed E-state index contributed by atoms with van der Waals surface area (Å²) in [6.07, 6.45) is 4.54. The van der Waals surface area contributed by atoms with Crippen molar-refractivity contribution in [2.24, 2.45) is 4.99 Å². The maximum absolute atomic E-state index is 12.4. The van der Waals surface area contributed by atoms with E-state index in [1.807, 2.05) is 6.92 Å². The summed E-state index contributed by atoms with van der Waals surface area (Å²) in [7, 11) is -3.59. The summed E-state index contributed by atoms with van der Waals surface area (Å²) >= 11 is 0. The Balaban J connectivity index is 2.94. The van der Waals surface area contributed by atoms with E-state index in [-0.39, 0.29) is 4.90 Å². The van der Waals surface area contributed by atoms with Gasteiger partial charge in [0.05, 0.1) is 17.7 Å². The third-order valence-electron chi connectivity index (χ3n) is 2.76. The number of hydrogen-bond acceptors (Lipinski definition) is 4. The van der Waals surface area contributed by atoms with Crippen LogP contribution in [0.5, 0.6) is 0 Å². The van der Waals surface area contributed by atoms with Crippen LogP contribution >= 0.6 is 0 Å². The normalized spacial score (nSPS) is 14.0. The van der Waals surface area contributed by atoms with Gasteiger partial charge in [-0.2, -0.15) is 0 Å². The molecule has 6 heteroatoms. The van der Waals surface area contributed by atoms with Gasteiger partial charge in [-0.3, -0.25) is 4.99 Å². The summed E-state index contributed by atoms with van der Waals surface area (Å²) in [6.45, 7) is 9.29. The van der Waals surface area contributed by atoms with E-state index < -0.39 is 16.1 Å². The van der Waals surface area contributed by atoms with Crippen molar-refractivity contribution in [1.82, 2.24) is 4.72 Å². The standard InChI is InChI=1S/C16H22N2O3S/c1-5-17-12-15(21-6-2)11-14(4)18-22(19,20)16-10-8-7-9-13(16)3/h5,7-12,14,18H,1,6H2,2-4H3/b15-11+,17-12?. The highest BCUT2D eigenvalue weighted by molar-refractivity contribution is 7.89. The molecular formula is C16H22N2O3S. The molecule has 120 valence electrons. The molecule has 0 saturated carbocycles. The van der Waals surface area contributed by atoms with Crippen LogP contribution in [0, 0.1) is 6.92 Å². The van der Waals surface area contributed by atoms with Crippen LogP contribution in [-0.4, -0.2) is 27.3 Å². The SMILES string of the molecule is C=CN=C/C(=C\C(C)NS(=O)(=O)c1ccccc1C)OCC. The number of hydrogen-bond donors (Lipinski definition) is 1. The van der Waals surface area contributed by atoms with Gasteiger partial charge in [0, 0.05) is 12.2 Å². The zero-order valence-electron chi connectivity index (χ0n) is 13.1. The summed E-state index contributed by atoms with van der Waals surface area (Å²) in [6, 6.07) is 6.40. The first-order valence-electron chi connectivity index (χ1n) is 6.97. The van der Waals surface area contributed by atoms with E-state index in [4.69, 9.17) is 4.74 Å². The number of rotatable bonds is 8. The molecule has 1 unspecified atom stereocenters. The maximum atomic E-state index is 12.4. The largest absolute Gasteiger partial charge is 0.493 e. The van der Waals surface area contributed by atoms with Crippen LogP contribution < -0.4 is 4.72 Å². The monoisotopic (exact) mass is 322 g/mol. The van der Waals surface area contributed by atoms with Gasteiger partial charge >= 0.3 is 0 Å². The van der Waals surface area contributed by atoms with E-state index in [1.165, 1.54) is 12.4 Å². The predicted molar refractivity (Wildman–Crippen MR) is 89.4 cm³/mol. The van der Waals surface area contributed by atoms with Gasteiger partial charge in [-0.05, 0) is 38.5 Å². The Bertz CT molecular complexity index is 664. The second kappa shape index (κ2) is 8.51. The van der Waals surface area contributed by atoms with Crippen molar-refractivity contribution >= 4 is 16.2 Å². The highest BCUT2D eigenvalue weighted by atomic mass is 32.2. The van der Waals surface area contributed by atoms with Crippen LogP contribution in [-0.2, 0) is 14.8 Å². The van der Waals surface area contributed by atoms with Gasteiger partial charge in [-0.15, -0.1) is 0 Å². The van der Waals surface area contributed by atoms with E-state index in [9.17, 15) is 8.42 Å². The fourth-order valence-electron chi connectivity index (χ4n) is 1.87. The molecule has 0 fully saturated rings. The molecule has 0 aromatic heterocycles. The van der Waals surface area contributed by atoms with Gasteiger partial charge in [0.2, 0.25) is 10.0 Å². The fraction of sp³-hybridized carbons (Fsp3) is 0.312. The van der Waals surface area contributed by atoms with Gasteiger partial charge in [-0.25, -0.2) is 13.1 Å². The van der Waals surface area contributed by atoms with Gasteiger partial charge in [0.15, 0.2) is 0 Å². The molecule has 0 spiro atoms. The summed E-state index contributed by atoms with van der Waals surface area (Å²) in [5.41, 5.74) is 0.699. The van der Waals surface area contributed by atoms with Gasteiger partial charge in [0.1, 0.15) is 5.76 Å². The molecule has 1 rings (SSSR count). The van der Waals surface area contributed by atoms with Gasteiger partial charge < -0.3 is 4.74 Å². The number of aliphatic imine (C=N–C) groups is 1. The molecule has 0 saturated heterocycles. The molecule has 1 aromatic carbocycles. The Kier molecular flexibility index (Phi) is 7.01. The zero-order valence-corrected chi connectivity index (χ0v) is 13.9. The highest BCUT2D eigenvalue weighted by Gasteiger charge is 2.18. The Morgan fingerprint density at radius 3 is 2.73 bits per heavy atom. The van der Waals surface area contributed by atoms with E-state index in [0.717, 1.165) is 0 Å². The molecule has 0 amide bonds. The number of benzene rings is 1. The first-order valence-corrected chi connectivity index (χ1v) is 8.45. The Hall–Kier alpha value is -1.92. The molecular weight excluding hydrogens is 300 g/mol. The van der Waals surface area contributed by atoms with Crippen molar-refractivity contribution in [1.29, 1.82) is 0 Å². The summed E-state index contributed by atoms with van der Waals surface area (Å²) < 4.78 is 32.8. The van der Waals surface area contributed by atoms with Gasteiger partial charge in [-0.1, -0.05) is 24.8 Å². The van der Waals surface area contributed by atoms with Crippen LogP contribution in [0.3, 0.4) is 0 Å².